The second kappa shape index (κ2) is 17.8. The molecule has 4 atom stereocenters. The summed E-state index contributed by atoms with van der Waals surface area (Å²) in [5, 5.41) is 26.2. The minimum atomic E-state index is -4.62. The van der Waals surface area contributed by atoms with Crippen molar-refractivity contribution in [3.05, 3.63) is 172 Å². The number of hydrogen-bond acceptors (Lipinski definition) is 6. The summed E-state index contributed by atoms with van der Waals surface area (Å²) in [5.74, 6) is -0.610. The van der Waals surface area contributed by atoms with E-state index in [0.29, 0.717) is 55.4 Å². The lowest BCUT2D eigenvalue weighted by Crippen LogP contribution is -2.54. The van der Waals surface area contributed by atoms with E-state index in [2.05, 4.69) is 6.08 Å². The number of ketones is 1. The average molecular weight is 876 g/mol. The van der Waals surface area contributed by atoms with Crippen molar-refractivity contribution in [2.24, 2.45) is 5.41 Å². The first-order valence-corrected chi connectivity index (χ1v) is 21.7. The lowest BCUT2D eigenvalue weighted by Gasteiger charge is -2.46. The number of carbonyl (C=O) groups excluding carboxylic acids is 2. The highest BCUT2D eigenvalue weighted by atomic mass is 35.5. The van der Waals surface area contributed by atoms with E-state index in [0.717, 1.165) is 45.7 Å². The van der Waals surface area contributed by atoms with Gasteiger partial charge in [0.25, 0.3) is 0 Å². The highest BCUT2D eigenvalue weighted by Gasteiger charge is 2.58. The molecule has 6 aromatic rings. The minimum Gasteiger partial charge on any atom is -0.453 e. The second-order valence-electron chi connectivity index (χ2n) is 17.4. The maximum atomic E-state index is 14.7. The molecule has 9 rings (SSSR count). The number of halogens is 4. The lowest BCUT2D eigenvalue weighted by molar-refractivity contribution is -0.137. The van der Waals surface area contributed by atoms with Crippen LogP contribution in [0, 0.1) is 5.41 Å². The fourth-order valence-electron chi connectivity index (χ4n) is 9.53. The number of benzene rings is 5. The summed E-state index contributed by atoms with van der Waals surface area (Å²) in [5.41, 5.74) is 0.398. The molecule has 1 heterocycles. The number of rotatable bonds is 8. The summed E-state index contributed by atoms with van der Waals surface area (Å²) in [7, 11) is 0. The van der Waals surface area contributed by atoms with Gasteiger partial charge in [0.15, 0.2) is 5.76 Å². The van der Waals surface area contributed by atoms with E-state index in [-0.39, 0.29) is 47.5 Å². The first-order valence-electron chi connectivity index (χ1n) is 21.3. The Hall–Kier alpha value is -5.68. The maximum absolute atomic E-state index is 14.7. The normalized spacial score (nSPS) is 21.7. The monoisotopic (exact) mass is 875 g/mol. The van der Waals surface area contributed by atoms with Gasteiger partial charge in [-0.2, -0.15) is 13.2 Å². The zero-order chi connectivity index (χ0) is 44.5. The highest BCUT2D eigenvalue weighted by molar-refractivity contribution is 6.33. The molecule has 4 unspecified atom stereocenters. The zero-order valence-corrected chi connectivity index (χ0v) is 35.9. The third-order valence-corrected chi connectivity index (χ3v) is 13.5. The Morgan fingerprint density at radius 1 is 0.889 bits per heavy atom. The summed E-state index contributed by atoms with van der Waals surface area (Å²) >= 11 is 6.36. The van der Waals surface area contributed by atoms with Gasteiger partial charge >= 0.3 is 12.3 Å². The molecule has 63 heavy (non-hydrogen) atoms. The number of hydrogen-bond donors (Lipinski definition) is 2. The van der Waals surface area contributed by atoms with E-state index >= 15 is 0 Å². The molecule has 5 aromatic carbocycles. The van der Waals surface area contributed by atoms with Crippen molar-refractivity contribution in [3.8, 4) is 17.1 Å². The first-order chi connectivity index (χ1) is 30.1. The summed E-state index contributed by atoms with van der Waals surface area (Å²) in [6, 6.07) is 34.1. The summed E-state index contributed by atoms with van der Waals surface area (Å²) in [4.78, 5) is 30.6. The lowest BCUT2D eigenvalue weighted by atomic mass is 9.64. The number of allylic oxidation sites excluding steroid dienone is 2. The number of aliphatic hydroxyl groups is 2. The Morgan fingerprint density at radius 2 is 1.65 bits per heavy atom. The Bertz CT molecular complexity index is 2680. The summed E-state index contributed by atoms with van der Waals surface area (Å²) in [6.45, 7) is 4.18. The van der Waals surface area contributed by atoms with Crippen LogP contribution in [0.15, 0.2) is 137 Å². The van der Waals surface area contributed by atoms with Crippen LogP contribution in [0.3, 0.4) is 0 Å². The molecule has 2 N–H and O–H groups in total. The smallest absolute Gasteiger partial charge is 0.416 e. The van der Waals surface area contributed by atoms with E-state index in [9.17, 15) is 33.0 Å². The van der Waals surface area contributed by atoms with Crippen molar-refractivity contribution in [1.29, 1.82) is 0 Å². The van der Waals surface area contributed by atoms with Gasteiger partial charge in [0.2, 0.25) is 5.78 Å². The fourth-order valence-corrected chi connectivity index (χ4v) is 9.74. The number of nitrogens with zero attached hydrogens (tertiary/aromatic N) is 1. The third-order valence-electron chi connectivity index (χ3n) is 13.2. The van der Waals surface area contributed by atoms with Crippen LogP contribution < -0.4 is 4.74 Å². The molecular weight excluding hydrogens is 827 g/mol. The molecule has 7 nitrogen and oxygen atoms in total. The maximum Gasteiger partial charge on any atom is 0.416 e. The highest BCUT2D eigenvalue weighted by Crippen LogP contribution is 2.59. The number of alkyl halides is 3. The molecule has 1 fully saturated rings. The second-order valence-corrected chi connectivity index (χ2v) is 17.8. The van der Waals surface area contributed by atoms with Gasteiger partial charge in [-0.1, -0.05) is 103 Å². The molecule has 1 saturated carbocycles. The van der Waals surface area contributed by atoms with Gasteiger partial charge in [-0.3, -0.25) is 4.79 Å². The van der Waals surface area contributed by atoms with E-state index < -0.39 is 40.7 Å². The van der Waals surface area contributed by atoms with Crippen LogP contribution in [0.25, 0.3) is 22.1 Å². The molecule has 0 aliphatic heterocycles. The molecular formula is C52H49ClF3NO6. The standard InChI is InChI=1S/C52H49ClF3NO6/c1-33-9-8-25-50(2)44(24-26-51(50,61)32-57(31-34-10-4-3-5-11-34)49(60)62-40-19-16-36-12-6-7-13-37(36)29-40)41-20-15-35(27-39(58)18-14-33)28-42(41)48(59)47-23-22-46(63-47)43-30-38(52(54,55)56)17-21-45(43)53/h3-7,9-13,15-17,19-23,28-30,39,44,58,61H,8,14,18,24-27,31-32H2,1-2H3. The number of amides is 1. The third kappa shape index (κ3) is 9.35. The zero-order valence-electron chi connectivity index (χ0n) is 35.1. The predicted octanol–water partition coefficient (Wildman–Crippen LogP) is 12.7. The van der Waals surface area contributed by atoms with Crippen LogP contribution in [0.2, 0.25) is 5.02 Å². The number of furan rings is 1. The van der Waals surface area contributed by atoms with Crippen LogP contribution in [0.1, 0.15) is 96.7 Å². The molecule has 3 aliphatic rings. The summed E-state index contributed by atoms with van der Waals surface area (Å²) in [6.07, 6.45) is -0.431. The molecule has 3 aliphatic carbocycles. The Kier molecular flexibility index (Phi) is 12.4. The van der Waals surface area contributed by atoms with Gasteiger partial charge < -0.3 is 24.3 Å². The molecule has 1 aromatic heterocycles. The van der Waals surface area contributed by atoms with E-state index in [1.165, 1.54) is 12.1 Å². The minimum absolute atomic E-state index is 0.000961. The number of ether oxygens (including phenoxy) is 1. The van der Waals surface area contributed by atoms with Crippen molar-refractivity contribution in [2.75, 3.05) is 6.54 Å². The van der Waals surface area contributed by atoms with Gasteiger partial charge in [-0.05, 0) is 134 Å². The molecule has 11 heteroatoms. The fraction of sp³-hybridized carbons (Fsp3) is 0.308. The number of carbonyl (C=O) groups is 2. The van der Waals surface area contributed by atoms with Crippen LogP contribution in [0.5, 0.6) is 5.75 Å². The molecule has 0 spiro atoms. The van der Waals surface area contributed by atoms with Crippen LogP contribution in [0.4, 0.5) is 18.0 Å². The van der Waals surface area contributed by atoms with Crippen LogP contribution in [-0.4, -0.2) is 45.2 Å². The largest absolute Gasteiger partial charge is 0.453 e. The topological polar surface area (TPSA) is 100 Å². The van der Waals surface area contributed by atoms with Gasteiger partial charge in [0.1, 0.15) is 11.5 Å². The Morgan fingerprint density at radius 3 is 2.43 bits per heavy atom. The average Bonchev–Trinajstić information content (AvgIpc) is 3.85. The molecule has 0 saturated heterocycles. The SMILES string of the molecule is CC1=CCCC2(C)C(CCC2(O)CN(Cc2ccccc2)C(=O)Oc2ccc3ccccc3c2)c2ccc(cc2C(=O)c2ccc(-c3cc(C(F)(F)F)ccc3Cl)o2)CC(O)CC1. The van der Waals surface area contributed by atoms with E-state index in [4.69, 9.17) is 20.8 Å². The first kappa shape index (κ1) is 43.9. The van der Waals surface area contributed by atoms with Gasteiger partial charge in [-0.15, -0.1) is 0 Å². The molecule has 326 valence electrons. The van der Waals surface area contributed by atoms with Crippen molar-refractivity contribution >= 4 is 34.2 Å². The number of fused-ring (bicyclic) bond motifs is 9. The Balaban J connectivity index is 1.17. The van der Waals surface area contributed by atoms with E-state index in [1.54, 1.807) is 17.0 Å². The van der Waals surface area contributed by atoms with Crippen molar-refractivity contribution in [2.45, 2.75) is 89.1 Å². The number of aliphatic hydroxyl groups excluding tert-OH is 1. The predicted molar refractivity (Wildman–Crippen MR) is 238 cm³/mol. The molecule has 0 radical (unpaired) electrons. The van der Waals surface area contributed by atoms with Crippen molar-refractivity contribution < 1.29 is 42.1 Å². The quantitative estimate of drug-likeness (QED) is 0.117. The van der Waals surface area contributed by atoms with Crippen molar-refractivity contribution in [1.82, 2.24) is 4.90 Å². The van der Waals surface area contributed by atoms with Gasteiger partial charge in [-0.25, -0.2) is 4.79 Å². The van der Waals surface area contributed by atoms with Crippen LogP contribution in [-0.2, 0) is 19.1 Å². The van der Waals surface area contributed by atoms with Crippen LogP contribution >= 0.6 is 11.6 Å². The van der Waals surface area contributed by atoms with E-state index in [1.807, 2.05) is 92.7 Å². The van der Waals surface area contributed by atoms with Crippen molar-refractivity contribution in [3.63, 3.8) is 0 Å². The van der Waals surface area contributed by atoms with Gasteiger partial charge in [0, 0.05) is 23.1 Å². The summed E-state index contributed by atoms with van der Waals surface area (Å²) < 4.78 is 53.1. The molecule has 1 amide bonds. The Labute approximate surface area is 369 Å². The molecule has 2 bridgehead atoms. The van der Waals surface area contributed by atoms with Gasteiger partial charge in [0.05, 0.1) is 28.8 Å².